The van der Waals surface area contributed by atoms with Gasteiger partial charge in [-0.1, -0.05) is 0 Å². The number of ether oxygens (including phenoxy) is 1. The number of amides is 1. The van der Waals surface area contributed by atoms with Gasteiger partial charge in [-0.3, -0.25) is 4.79 Å². The molecule has 0 bridgehead atoms. The quantitative estimate of drug-likeness (QED) is 0.674. The average Bonchev–Trinajstić information content (AvgIpc) is 3.31. The largest absolute Gasteiger partial charge is 0.369 e. The molecule has 0 aliphatic carbocycles. The summed E-state index contributed by atoms with van der Waals surface area (Å²) in [4.78, 5) is 20.3. The lowest BCUT2D eigenvalue weighted by Crippen LogP contribution is -2.47. The average molecular weight is 354 g/mol. The summed E-state index contributed by atoms with van der Waals surface area (Å²) in [6.07, 6.45) is 6.00. The van der Waals surface area contributed by atoms with Gasteiger partial charge in [-0.15, -0.1) is 11.3 Å². The van der Waals surface area contributed by atoms with Crippen LogP contribution in [0.5, 0.6) is 0 Å². The normalized spacial score (nSPS) is 19.3. The number of aromatic nitrogens is 3. The van der Waals surface area contributed by atoms with E-state index in [1.807, 2.05) is 11.0 Å². The molecule has 1 saturated heterocycles. The van der Waals surface area contributed by atoms with E-state index in [2.05, 4.69) is 21.5 Å². The van der Waals surface area contributed by atoms with Crippen molar-refractivity contribution in [2.24, 2.45) is 0 Å². The molecule has 2 aliphatic rings. The molecule has 3 aromatic rings. The Hall–Kier alpha value is -2.25. The van der Waals surface area contributed by atoms with Crippen molar-refractivity contribution in [2.45, 2.75) is 24.9 Å². The van der Waals surface area contributed by atoms with Gasteiger partial charge >= 0.3 is 0 Å². The summed E-state index contributed by atoms with van der Waals surface area (Å²) in [5, 5.41) is 6.23. The molecule has 25 heavy (non-hydrogen) atoms. The van der Waals surface area contributed by atoms with E-state index in [0.29, 0.717) is 24.3 Å². The van der Waals surface area contributed by atoms with Crippen molar-refractivity contribution in [1.82, 2.24) is 19.5 Å². The van der Waals surface area contributed by atoms with Gasteiger partial charge in [-0.05, 0) is 48.4 Å². The van der Waals surface area contributed by atoms with Gasteiger partial charge < -0.3 is 9.64 Å². The summed E-state index contributed by atoms with van der Waals surface area (Å²) in [6.45, 7) is 2.21. The van der Waals surface area contributed by atoms with Crippen LogP contribution in [-0.2, 0) is 16.8 Å². The Morgan fingerprint density at radius 3 is 3.04 bits per heavy atom. The van der Waals surface area contributed by atoms with Crippen LogP contribution in [0.2, 0.25) is 0 Å². The van der Waals surface area contributed by atoms with Crippen LogP contribution in [0.25, 0.3) is 5.65 Å². The second kappa shape index (κ2) is 5.64. The Labute approximate surface area is 149 Å². The topological polar surface area (TPSA) is 59.7 Å². The van der Waals surface area contributed by atoms with Crippen molar-refractivity contribution in [3.05, 3.63) is 52.1 Å². The van der Waals surface area contributed by atoms with E-state index in [1.54, 1.807) is 28.1 Å². The highest BCUT2D eigenvalue weighted by atomic mass is 32.1. The number of pyridine rings is 1. The van der Waals surface area contributed by atoms with Gasteiger partial charge in [0.2, 0.25) is 0 Å². The predicted octanol–water partition coefficient (Wildman–Crippen LogP) is 2.50. The first kappa shape index (κ1) is 15.0. The Morgan fingerprint density at radius 1 is 1.28 bits per heavy atom. The van der Waals surface area contributed by atoms with E-state index in [1.165, 1.54) is 16.8 Å². The first-order valence-corrected chi connectivity index (χ1v) is 9.43. The fraction of sp³-hybridized carbons (Fsp3) is 0.389. The zero-order chi connectivity index (χ0) is 16.9. The number of hydrogen-bond acceptors (Lipinski definition) is 5. The fourth-order valence-corrected chi connectivity index (χ4v) is 5.10. The van der Waals surface area contributed by atoms with Crippen LogP contribution in [-0.4, -0.2) is 45.1 Å². The molecule has 128 valence electrons. The fourth-order valence-electron chi connectivity index (χ4n) is 3.93. The summed E-state index contributed by atoms with van der Waals surface area (Å²) >= 11 is 1.79. The van der Waals surface area contributed by atoms with Crippen molar-refractivity contribution < 1.29 is 9.53 Å². The summed E-state index contributed by atoms with van der Waals surface area (Å²) in [5.74, 6) is 0.0579. The number of piperidine rings is 1. The van der Waals surface area contributed by atoms with Crippen molar-refractivity contribution >= 4 is 22.9 Å². The van der Waals surface area contributed by atoms with E-state index in [9.17, 15) is 4.79 Å². The van der Waals surface area contributed by atoms with Gasteiger partial charge in [0.1, 0.15) is 11.9 Å². The molecule has 5 heterocycles. The molecule has 3 aromatic heterocycles. The maximum absolute atomic E-state index is 12.9. The van der Waals surface area contributed by atoms with Gasteiger partial charge in [0, 0.05) is 29.7 Å². The minimum atomic E-state index is -0.185. The van der Waals surface area contributed by atoms with E-state index in [-0.39, 0.29) is 11.5 Å². The van der Waals surface area contributed by atoms with Crippen LogP contribution in [0.15, 0.2) is 36.1 Å². The predicted molar refractivity (Wildman–Crippen MR) is 93.8 cm³/mol. The molecule has 0 N–H and O–H groups in total. The standard InChI is InChI=1S/C18H18N4O2S/c23-17(14-1-6-22-15(11-14)19-12-20-22)21-7-4-18(5-8-21)16-13(2-9-24-18)3-10-25-16/h1,3,6,10-12H,2,4-5,7-9H2. The summed E-state index contributed by atoms with van der Waals surface area (Å²) < 4.78 is 7.89. The highest BCUT2D eigenvalue weighted by Crippen LogP contribution is 2.44. The third kappa shape index (κ3) is 2.38. The van der Waals surface area contributed by atoms with Gasteiger partial charge in [-0.2, -0.15) is 5.10 Å². The van der Waals surface area contributed by atoms with E-state index in [0.717, 1.165) is 25.9 Å². The van der Waals surface area contributed by atoms with Gasteiger partial charge in [0.05, 0.1) is 6.61 Å². The maximum atomic E-state index is 12.9. The second-order valence-electron chi connectivity index (χ2n) is 6.64. The number of carbonyl (C=O) groups is 1. The van der Waals surface area contributed by atoms with E-state index in [4.69, 9.17) is 4.74 Å². The molecule has 6 nitrogen and oxygen atoms in total. The molecular formula is C18H18N4O2S. The number of carbonyl (C=O) groups excluding carboxylic acids is 1. The van der Waals surface area contributed by atoms with E-state index >= 15 is 0 Å². The van der Waals surface area contributed by atoms with Crippen LogP contribution in [0.3, 0.4) is 0 Å². The Morgan fingerprint density at radius 2 is 2.16 bits per heavy atom. The lowest BCUT2D eigenvalue weighted by Gasteiger charge is -2.43. The smallest absolute Gasteiger partial charge is 0.254 e. The molecule has 1 fully saturated rings. The van der Waals surface area contributed by atoms with Gasteiger partial charge in [-0.25, -0.2) is 9.50 Å². The first-order chi connectivity index (χ1) is 12.3. The molecular weight excluding hydrogens is 336 g/mol. The zero-order valence-electron chi connectivity index (χ0n) is 13.7. The monoisotopic (exact) mass is 354 g/mol. The lowest BCUT2D eigenvalue weighted by molar-refractivity contribution is -0.0906. The third-order valence-corrected chi connectivity index (χ3v) is 6.44. The van der Waals surface area contributed by atoms with Crippen LogP contribution < -0.4 is 0 Å². The van der Waals surface area contributed by atoms with Crippen LogP contribution in [0, 0.1) is 0 Å². The number of hydrogen-bond donors (Lipinski definition) is 0. The highest BCUT2D eigenvalue weighted by Gasteiger charge is 2.42. The molecule has 0 saturated carbocycles. The Kier molecular flexibility index (Phi) is 3.39. The van der Waals surface area contributed by atoms with Gasteiger partial charge in [0.25, 0.3) is 5.91 Å². The third-order valence-electron chi connectivity index (χ3n) is 5.30. The summed E-state index contributed by atoms with van der Waals surface area (Å²) in [5.41, 5.74) is 2.60. The number of likely N-dealkylation sites (tertiary alicyclic amines) is 1. The second-order valence-corrected chi connectivity index (χ2v) is 7.55. The Balaban J connectivity index is 1.36. The zero-order valence-corrected chi connectivity index (χ0v) is 14.5. The number of fused-ring (bicyclic) bond motifs is 3. The molecule has 0 aromatic carbocycles. The van der Waals surface area contributed by atoms with Gasteiger partial charge in [0.15, 0.2) is 5.65 Å². The van der Waals surface area contributed by atoms with Crippen LogP contribution in [0.4, 0.5) is 0 Å². The molecule has 1 amide bonds. The molecule has 1 spiro atoms. The molecule has 0 radical (unpaired) electrons. The highest BCUT2D eigenvalue weighted by molar-refractivity contribution is 7.10. The van der Waals surface area contributed by atoms with E-state index < -0.39 is 0 Å². The minimum Gasteiger partial charge on any atom is -0.369 e. The molecule has 2 aliphatic heterocycles. The molecule has 7 heteroatoms. The van der Waals surface area contributed by atoms with Crippen LogP contribution >= 0.6 is 11.3 Å². The van der Waals surface area contributed by atoms with Crippen molar-refractivity contribution in [2.75, 3.05) is 19.7 Å². The summed E-state index contributed by atoms with van der Waals surface area (Å²) in [6, 6.07) is 5.83. The van der Waals surface area contributed by atoms with Crippen molar-refractivity contribution in [1.29, 1.82) is 0 Å². The lowest BCUT2D eigenvalue weighted by atomic mass is 9.85. The van der Waals surface area contributed by atoms with Crippen molar-refractivity contribution in [3.63, 3.8) is 0 Å². The first-order valence-electron chi connectivity index (χ1n) is 8.55. The molecule has 0 atom stereocenters. The number of thiophene rings is 1. The molecule has 5 rings (SSSR count). The maximum Gasteiger partial charge on any atom is 0.254 e. The molecule has 0 unspecified atom stereocenters. The SMILES string of the molecule is O=C(c1ccn2ncnc2c1)N1CCC2(CC1)OCCc1ccsc12. The number of nitrogens with zero attached hydrogens (tertiary/aromatic N) is 4. The number of rotatable bonds is 1. The minimum absolute atomic E-state index is 0.0579. The Bertz CT molecular complexity index is 939. The summed E-state index contributed by atoms with van der Waals surface area (Å²) in [7, 11) is 0. The van der Waals surface area contributed by atoms with Crippen LogP contribution in [0.1, 0.15) is 33.6 Å². The van der Waals surface area contributed by atoms with Crippen molar-refractivity contribution in [3.8, 4) is 0 Å².